The third kappa shape index (κ3) is 3.80. The van der Waals surface area contributed by atoms with Crippen LogP contribution < -0.4 is 18.9 Å². The molecule has 0 aliphatic carbocycles. The normalized spacial score (nSPS) is 15.9. The molecule has 2 heterocycles. The second-order valence-electron chi connectivity index (χ2n) is 6.20. The van der Waals surface area contributed by atoms with Crippen LogP contribution in [0.5, 0.6) is 23.0 Å². The van der Waals surface area contributed by atoms with E-state index in [9.17, 15) is 15.3 Å². The van der Waals surface area contributed by atoms with Crippen LogP contribution in [-0.2, 0) is 20.8 Å². The van der Waals surface area contributed by atoms with Gasteiger partial charge in [-0.2, -0.15) is 10.5 Å². The molecule has 156 valence electrons. The third-order valence-electron chi connectivity index (χ3n) is 4.48. The largest absolute Gasteiger partial charge is 0.492 e. The predicted molar refractivity (Wildman–Crippen MR) is 102 cm³/mol. The summed E-state index contributed by atoms with van der Waals surface area (Å²) in [6.07, 6.45) is 1.35. The number of methoxy groups -OCH3 is 2. The van der Waals surface area contributed by atoms with Crippen LogP contribution in [0.15, 0.2) is 10.7 Å². The van der Waals surface area contributed by atoms with E-state index in [-0.39, 0.29) is 37.5 Å². The van der Waals surface area contributed by atoms with E-state index in [0.29, 0.717) is 34.1 Å². The molecular formula is C20H19N3O7. The lowest BCUT2D eigenvalue weighted by Gasteiger charge is -2.19. The van der Waals surface area contributed by atoms with Crippen molar-refractivity contribution in [1.29, 1.82) is 10.5 Å². The Morgan fingerprint density at radius 2 is 1.87 bits per heavy atom. The summed E-state index contributed by atoms with van der Waals surface area (Å²) in [4.78, 5) is 17.3. The summed E-state index contributed by atoms with van der Waals surface area (Å²) in [6, 6.07) is 3.66. The van der Waals surface area contributed by atoms with Crippen LogP contribution in [0.4, 0.5) is 0 Å². The van der Waals surface area contributed by atoms with E-state index in [4.69, 9.17) is 28.5 Å². The van der Waals surface area contributed by atoms with Gasteiger partial charge in [-0.3, -0.25) is 0 Å². The molecule has 0 radical (unpaired) electrons. The fourth-order valence-corrected chi connectivity index (χ4v) is 3.24. The second kappa shape index (κ2) is 9.05. The molecular weight excluding hydrogens is 394 g/mol. The minimum absolute atomic E-state index is 0.0337. The van der Waals surface area contributed by atoms with Gasteiger partial charge in [0.05, 0.1) is 20.8 Å². The number of hydrogen-bond donors (Lipinski definition) is 0. The predicted octanol–water partition coefficient (Wildman–Crippen LogP) is 2.11. The fraction of sp³-hybridized carbons (Fsp3) is 0.400. The number of carbonyl (C=O) groups is 1. The molecule has 0 spiro atoms. The molecule has 10 heteroatoms. The Morgan fingerprint density at radius 1 is 1.20 bits per heavy atom. The number of oxime groups is 1. The first-order valence-corrected chi connectivity index (χ1v) is 9.05. The van der Waals surface area contributed by atoms with Crippen molar-refractivity contribution in [3.63, 3.8) is 0 Å². The van der Waals surface area contributed by atoms with Crippen LogP contribution in [0.1, 0.15) is 24.5 Å². The number of nitrogens with zero attached hydrogens (tertiary/aromatic N) is 3. The van der Waals surface area contributed by atoms with E-state index >= 15 is 0 Å². The number of fused-ring (bicyclic) bond motifs is 1. The lowest BCUT2D eigenvalue weighted by Crippen LogP contribution is -2.19. The van der Waals surface area contributed by atoms with Crippen molar-refractivity contribution in [2.45, 2.75) is 25.9 Å². The molecule has 1 aromatic rings. The van der Waals surface area contributed by atoms with Crippen molar-refractivity contribution in [2.24, 2.45) is 5.16 Å². The van der Waals surface area contributed by atoms with Gasteiger partial charge < -0.3 is 28.5 Å². The number of allylic oxidation sites excluding steroid dienone is 1. The molecule has 0 bridgehead atoms. The molecule has 0 aromatic heterocycles. The average Bonchev–Trinajstić information content (AvgIpc) is 3.42. The topological polar surface area (TPSA) is 132 Å². The van der Waals surface area contributed by atoms with Crippen LogP contribution in [0.3, 0.4) is 0 Å². The average molecular weight is 413 g/mol. The monoisotopic (exact) mass is 413 g/mol. The summed E-state index contributed by atoms with van der Waals surface area (Å²) in [5.74, 6) is 0.785. The van der Waals surface area contributed by atoms with E-state index in [1.807, 2.05) is 12.1 Å². The van der Waals surface area contributed by atoms with Crippen molar-refractivity contribution < 1.29 is 33.3 Å². The van der Waals surface area contributed by atoms with Gasteiger partial charge in [-0.1, -0.05) is 5.16 Å². The van der Waals surface area contributed by atoms with E-state index < -0.39 is 12.1 Å². The number of ether oxygens (including phenoxy) is 5. The smallest absolute Gasteiger partial charge is 0.356 e. The Bertz CT molecular complexity index is 985. The molecule has 2 aliphatic rings. The Labute approximate surface area is 172 Å². The van der Waals surface area contributed by atoms with Gasteiger partial charge in [0.2, 0.25) is 18.3 Å². The van der Waals surface area contributed by atoms with Crippen LogP contribution >= 0.6 is 0 Å². The minimum Gasteiger partial charge on any atom is -0.492 e. The van der Waals surface area contributed by atoms with Gasteiger partial charge >= 0.3 is 5.97 Å². The SMILES string of the molecule is CCOC(=O)C1=NO[C@@H](Cc2c(C=C(C#N)C#N)c(OC)c3c(c2OC)OCO3)C1. The number of nitriles is 2. The molecule has 10 nitrogen and oxygen atoms in total. The minimum atomic E-state index is -0.536. The first kappa shape index (κ1) is 20.8. The lowest BCUT2D eigenvalue weighted by atomic mass is 9.94. The molecule has 1 atom stereocenters. The zero-order chi connectivity index (χ0) is 21.7. The maximum Gasteiger partial charge on any atom is 0.356 e. The Kier molecular flexibility index (Phi) is 6.28. The van der Waals surface area contributed by atoms with Crippen LogP contribution in [0, 0.1) is 22.7 Å². The number of carbonyl (C=O) groups excluding carboxylic acids is 1. The highest BCUT2D eigenvalue weighted by Gasteiger charge is 2.34. The van der Waals surface area contributed by atoms with Crippen molar-refractivity contribution in [3.8, 4) is 35.1 Å². The Morgan fingerprint density at radius 3 is 2.47 bits per heavy atom. The number of benzene rings is 1. The highest BCUT2D eigenvalue weighted by Crippen LogP contribution is 2.53. The van der Waals surface area contributed by atoms with Crippen molar-refractivity contribution >= 4 is 17.8 Å². The Hall–Kier alpha value is -3.92. The summed E-state index contributed by atoms with van der Waals surface area (Å²) < 4.78 is 27.1. The van der Waals surface area contributed by atoms with Gasteiger partial charge in [0.25, 0.3) is 0 Å². The molecule has 30 heavy (non-hydrogen) atoms. The van der Waals surface area contributed by atoms with Crippen LogP contribution in [0.25, 0.3) is 6.08 Å². The second-order valence-corrected chi connectivity index (χ2v) is 6.20. The van der Waals surface area contributed by atoms with E-state index in [1.165, 1.54) is 20.3 Å². The van der Waals surface area contributed by atoms with E-state index in [2.05, 4.69) is 5.16 Å². The quantitative estimate of drug-likeness (QED) is 0.487. The summed E-state index contributed by atoms with van der Waals surface area (Å²) in [5.41, 5.74) is 1.03. The molecule has 1 aromatic carbocycles. The third-order valence-corrected chi connectivity index (χ3v) is 4.48. The molecule has 0 fully saturated rings. The van der Waals surface area contributed by atoms with Crippen molar-refractivity contribution in [1.82, 2.24) is 0 Å². The summed E-state index contributed by atoms with van der Waals surface area (Å²) >= 11 is 0. The van der Waals surface area contributed by atoms with Crippen molar-refractivity contribution in [2.75, 3.05) is 27.6 Å². The zero-order valence-electron chi connectivity index (χ0n) is 16.7. The maximum absolute atomic E-state index is 11.9. The zero-order valence-corrected chi connectivity index (χ0v) is 16.7. The molecule has 0 amide bonds. The summed E-state index contributed by atoms with van der Waals surface area (Å²) in [5, 5.41) is 22.3. The fourth-order valence-electron chi connectivity index (χ4n) is 3.24. The highest BCUT2D eigenvalue weighted by molar-refractivity contribution is 6.36. The van der Waals surface area contributed by atoms with Gasteiger partial charge in [-0.15, -0.1) is 0 Å². The van der Waals surface area contributed by atoms with Crippen LogP contribution in [0.2, 0.25) is 0 Å². The van der Waals surface area contributed by atoms with Gasteiger partial charge in [0, 0.05) is 24.0 Å². The number of esters is 1. The van der Waals surface area contributed by atoms with Gasteiger partial charge in [-0.25, -0.2) is 4.79 Å². The summed E-state index contributed by atoms with van der Waals surface area (Å²) in [7, 11) is 2.91. The molecule has 2 aliphatic heterocycles. The Balaban J connectivity index is 2.05. The first-order valence-electron chi connectivity index (χ1n) is 9.05. The van der Waals surface area contributed by atoms with Gasteiger partial charge in [0.15, 0.2) is 17.2 Å². The van der Waals surface area contributed by atoms with Crippen LogP contribution in [-0.4, -0.2) is 45.4 Å². The van der Waals surface area contributed by atoms with Gasteiger partial charge in [0.1, 0.15) is 23.8 Å². The standard InChI is InChI=1S/C20H19N3O7/c1-4-27-20(24)15-7-12(30-23-15)6-14-13(5-11(8-21)9-22)16(25-2)18-19(17(14)26-3)29-10-28-18/h5,12H,4,6-7,10H2,1-3H3/t12-/m0/s1. The van der Waals surface area contributed by atoms with E-state index in [0.717, 1.165) is 0 Å². The van der Waals surface area contributed by atoms with Crippen molar-refractivity contribution in [3.05, 3.63) is 16.7 Å². The van der Waals surface area contributed by atoms with E-state index in [1.54, 1.807) is 6.92 Å². The number of hydrogen-bond acceptors (Lipinski definition) is 10. The lowest BCUT2D eigenvalue weighted by molar-refractivity contribution is -0.135. The molecule has 3 rings (SSSR count). The van der Waals surface area contributed by atoms with Gasteiger partial charge in [-0.05, 0) is 13.0 Å². The maximum atomic E-state index is 11.9. The molecule has 0 unspecified atom stereocenters. The summed E-state index contributed by atoms with van der Waals surface area (Å²) in [6.45, 7) is 1.90. The first-order chi connectivity index (χ1) is 14.6. The highest BCUT2D eigenvalue weighted by atomic mass is 16.7. The molecule has 0 saturated heterocycles. The molecule has 0 N–H and O–H groups in total. The number of rotatable bonds is 7. The molecule has 0 saturated carbocycles.